The van der Waals surface area contributed by atoms with Gasteiger partial charge in [-0.15, -0.1) is 0 Å². The van der Waals surface area contributed by atoms with E-state index in [-0.39, 0.29) is 5.75 Å². The summed E-state index contributed by atoms with van der Waals surface area (Å²) >= 11 is 0. The molecular formula is C15H22N2O2. The lowest BCUT2D eigenvalue weighted by Crippen LogP contribution is -2.24. The van der Waals surface area contributed by atoms with E-state index in [9.17, 15) is 5.11 Å². The summed E-state index contributed by atoms with van der Waals surface area (Å²) in [5.41, 5.74) is 0.731. The third-order valence-corrected chi connectivity index (χ3v) is 3.17. The Kier molecular flexibility index (Phi) is 5.07. The average Bonchev–Trinajstić information content (AvgIpc) is 2.45. The molecule has 0 spiro atoms. The van der Waals surface area contributed by atoms with E-state index in [0.717, 1.165) is 25.1 Å². The molecule has 0 radical (unpaired) electrons. The van der Waals surface area contributed by atoms with Crippen molar-refractivity contribution in [3.05, 3.63) is 23.8 Å². The van der Waals surface area contributed by atoms with E-state index in [1.165, 1.54) is 19.3 Å². The lowest BCUT2D eigenvalue weighted by molar-refractivity contribution is 0.240. The van der Waals surface area contributed by atoms with Gasteiger partial charge in [0.1, 0.15) is 11.5 Å². The van der Waals surface area contributed by atoms with Gasteiger partial charge in [-0.25, -0.2) is 0 Å². The van der Waals surface area contributed by atoms with Crippen LogP contribution < -0.4 is 4.74 Å². The van der Waals surface area contributed by atoms with E-state index in [2.05, 4.69) is 17.0 Å². The highest BCUT2D eigenvalue weighted by Gasteiger charge is 2.07. The topological polar surface area (TPSA) is 45.1 Å². The number of hydrogen-bond donors (Lipinski definition) is 1. The first kappa shape index (κ1) is 13.7. The van der Waals surface area contributed by atoms with Crippen molar-refractivity contribution in [3.63, 3.8) is 0 Å². The van der Waals surface area contributed by atoms with Crippen molar-refractivity contribution in [2.45, 2.75) is 32.6 Å². The van der Waals surface area contributed by atoms with Gasteiger partial charge in [-0.2, -0.15) is 5.10 Å². The molecule has 19 heavy (non-hydrogen) atoms. The van der Waals surface area contributed by atoms with Crippen LogP contribution in [0.3, 0.4) is 0 Å². The zero-order valence-electron chi connectivity index (χ0n) is 11.5. The Labute approximate surface area is 114 Å². The fourth-order valence-corrected chi connectivity index (χ4v) is 2.08. The van der Waals surface area contributed by atoms with Gasteiger partial charge in [0.05, 0.1) is 12.8 Å². The second kappa shape index (κ2) is 7.02. The monoisotopic (exact) mass is 262 g/mol. The Balaban J connectivity index is 1.97. The number of benzene rings is 1. The van der Waals surface area contributed by atoms with Gasteiger partial charge < -0.3 is 9.84 Å². The van der Waals surface area contributed by atoms with Gasteiger partial charge >= 0.3 is 0 Å². The van der Waals surface area contributed by atoms with Gasteiger partial charge in [-0.3, -0.25) is 5.01 Å². The fraction of sp³-hybridized carbons (Fsp3) is 0.533. The van der Waals surface area contributed by atoms with Gasteiger partial charge in [0, 0.05) is 24.7 Å². The van der Waals surface area contributed by atoms with Gasteiger partial charge in [-0.1, -0.05) is 6.92 Å². The molecule has 1 aromatic carbocycles. The first-order valence-corrected chi connectivity index (χ1v) is 7.04. The quantitative estimate of drug-likeness (QED) is 0.830. The first-order valence-electron chi connectivity index (χ1n) is 7.04. The lowest BCUT2D eigenvalue weighted by atomic mass is 10.2. The number of phenolic OH excluding ortho intramolecular Hbond substituents is 1. The summed E-state index contributed by atoms with van der Waals surface area (Å²) in [7, 11) is 0. The van der Waals surface area contributed by atoms with Crippen molar-refractivity contribution >= 4 is 6.21 Å². The highest BCUT2D eigenvalue weighted by Crippen LogP contribution is 2.22. The second-order valence-corrected chi connectivity index (χ2v) is 4.83. The lowest BCUT2D eigenvalue weighted by Gasteiger charge is -2.23. The van der Waals surface area contributed by atoms with Crippen LogP contribution in [0.15, 0.2) is 23.3 Å². The smallest absolute Gasteiger partial charge is 0.128 e. The zero-order chi connectivity index (χ0) is 13.5. The summed E-state index contributed by atoms with van der Waals surface area (Å²) in [5.74, 6) is 0.920. The zero-order valence-corrected chi connectivity index (χ0v) is 11.5. The molecule has 1 N–H and O–H groups in total. The Bertz CT molecular complexity index is 426. The number of hydrazone groups is 1. The molecule has 0 saturated carbocycles. The number of nitrogens with zero attached hydrogens (tertiary/aromatic N) is 2. The predicted molar refractivity (Wildman–Crippen MR) is 76.9 cm³/mol. The van der Waals surface area contributed by atoms with Crippen LogP contribution in [0.4, 0.5) is 0 Å². The molecule has 1 heterocycles. The summed E-state index contributed by atoms with van der Waals surface area (Å²) in [6.45, 7) is 4.74. The molecule has 1 aliphatic rings. The number of phenols is 1. The summed E-state index contributed by atoms with van der Waals surface area (Å²) in [6.07, 6.45) is 6.38. The molecule has 104 valence electrons. The Morgan fingerprint density at radius 1 is 1.32 bits per heavy atom. The maximum absolute atomic E-state index is 9.93. The van der Waals surface area contributed by atoms with Crippen molar-refractivity contribution < 1.29 is 9.84 Å². The van der Waals surface area contributed by atoms with Gasteiger partial charge in [0.25, 0.3) is 0 Å². The van der Waals surface area contributed by atoms with Crippen molar-refractivity contribution in [2.75, 3.05) is 19.7 Å². The maximum Gasteiger partial charge on any atom is 0.128 e. The highest BCUT2D eigenvalue weighted by molar-refractivity contribution is 5.83. The molecule has 1 fully saturated rings. The van der Waals surface area contributed by atoms with Gasteiger partial charge in [0.2, 0.25) is 0 Å². The Morgan fingerprint density at radius 2 is 2.11 bits per heavy atom. The first-order chi connectivity index (χ1) is 9.29. The molecule has 0 unspecified atom stereocenters. The van der Waals surface area contributed by atoms with Gasteiger partial charge in [0.15, 0.2) is 0 Å². The third kappa shape index (κ3) is 4.16. The van der Waals surface area contributed by atoms with Crippen LogP contribution in [-0.4, -0.2) is 36.0 Å². The van der Waals surface area contributed by atoms with Crippen LogP contribution in [0.5, 0.6) is 11.5 Å². The Morgan fingerprint density at radius 3 is 2.79 bits per heavy atom. The van der Waals surface area contributed by atoms with Crippen LogP contribution in [0.25, 0.3) is 0 Å². The van der Waals surface area contributed by atoms with Crippen molar-refractivity contribution in [1.29, 1.82) is 0 Å². The van der Waals surface area contributed by atoms with E-state index in [1.54, 1.807) is 12.3 Å². The summed E-state index contributed by atoms with van der Waals surface area (Å²) < 4.78 is 5.47. The van der Waals surface area contributed by atoms with Crippen LogP contribution in [-0.2, 0) is 0 Å². The molecule has 1 aromatic rings. The van der Waals surface area contributed by atoms with Gasteiger partial charge in [-0.05, 0) is 37.8 Å². The normalized spacial score (nSPS) is 15.9. The predicted octanol–water partition coefficient (Wildman–Crippen LogP) is 3.00. The highest BCUT2D eigenvalue weighted by atomic mass is 16.5. The van der Waals surface area contributed by atoms with E-state index < -0.39 is 0 Å². The van der Waals surface area contributed by atoms with Crippen LogP contribution in [0, 0.1) is 0 Å². The van der Waals surface area contributed by atoms with Crippen molar-refractivity contribution in [1.82, 2.24) is 5.01 Å². The molecule has 4 heteroatoms. The van der Waals surface area contributed by atoms with E-state index in [0.29, 0.717) is 12.4 Å². The van der Waals surface area contributed by atoms with Crippen LogP contribution >= 0.6 is 0 Å². The minimum Gasteiger partial charge on any atom is -0.507 e. The number of hydrogen-bond acceptors (Lipinski definition) is 4. The molecule has 1 saturated heterocycles. The maximum atomic E-state index is 9.93. The summed E-state index contributed by atoms with van der Waals surface area (Å²) in [6, 6.07) is 5.36. The fourth-order valence-electron chi connectivity index (χ4n) is 2.08. The average molecular weight is 262 g/mol. The van der Waals surface area contributed by atoms with Crippen molar-refractivity contribution in [2.24, 2.45) is 5.10 Å². The molecule has 2 rings (SSSR count). The molecule has 0 atom stereocenters. The molecular weight excluding hydrogens is 240 g/mol. The van der Waals surface area contributed by atoms with E-state index in [1.807, 2.05) is 12.1 Å². The SMILES string of the molecule is CCCOc1ccc(C=NN2CCCCC2)c(O)c1. The summed E-state index contributed by atoms with van der Waals surface area (Å²) in [4.78, 5) is 0. The van der Waals surface area contributed by atoms with Crippen LogP contribution in [0.1, 0.15) is 38.2 Å². The van der Waals surface area contributed by atoms with Crippen LogP contribution in [0.2, 0.25) is 0 Å². The molecule has 0 aliphatic carbocycles. The largest absolute Gasteiger partial charge is 0.507 e. The minimum atomic E-state index is 0.217. The molecule has 1 aliphatic heterocycles. The molecule has 0 aromatic heterocycles. The number of rotatable bonds is 5. The number of aromatic hydroxyl groups is 1. The minimum absolute atomic E-state index is 0.217. The van der Waals surface area contributed by atoms with E-state index >= 15 is 0 Å². The number of piperidine rings is 1. The number of ether oxygens (including phenoxy) is 1. The summed E-state index contributed by atoms with van der Waals surface area (Å²) in [5, 5.41) is 16.4. The Hall–Kier alpha value is -1.71. The van der Waals surface area contributed by atoms with Crippen molar-refractivity contribution in [3.8, 4) is 11.5 Å². The van der Waals surface area contributed by atoms with E-state index in [4.69, 9.17) is 4.74 Å². The second-order valence-electron chi connectivity index (χ2n) is 4.83. The third-order valence-electron chi connectivity index (χ3n) is 3.17. The molecule has 4 nitrogen and oxygen atoms in total. The standard InChI is InChI=1S/C15H22N2O2/c1-2-10-19-14-7-6-13(15(18)11-14)12-16-17-8-4-3-5-9-17/h6-7,11-12,18H,2-5,8-10H2,1H3. The molecule has 0 amide bonds. The molecule has 0 bridgehead atoms.